The summed E-state index contributed by atoms with van der Waals surface area (Å²) in [5.41, 5.74) is 3.55. The third kappa shape index (κ3) is 4.62. The number of nitrogens with one attached hydrogen (secondary N) is 2. The Kier molecular flexibility index (Phi) is 5.41. The Morgan fingerprint density at radius 2 is 1.44 bits per heavy atom. The van der Waals surface area contributed by atoms with Gasteiger partial charge >= 0.3 is 0 Å². The van der Waals surface area contributed by atoms with Crippen LogP contribution in [0.15, 0.2) is 59.5 Å². The van der Waals surface area contributed by atoms with Crippen LogP contribution in [0.4, 0.5) is 11.6 Å². The molecule has 0 amide bonds. The Hall–Kier alpha value is -2.93. The summed E-state index contributed by atoms with van der Waals surface area (Å²) in [6, 6.07) is 16.9. The molecule has 0 spiro atoms. The highest BCUT2D eigenvalue weighted by atomic mass is 32.2. The number of aryl methyl sites for hydroxylation is 3. The van der Waals surface area contributed by atoms with E-state index < -0.39 is 10.0 Å². The average molecular weight is 382 g/mol. The number of rotatable bonds is 6. The van der Waals surface area contributed by atoms with Crippen molar-refractivity contribution < 1.29 is 8.42 Å². The minimum Gasteiger partial charge on any atom is -0.365 e. The molecule has 2 aromatic carbocycles. The molecule has 1 heterocycles. The Morgan fingerprint density at radius 1 is 0.852 bits per heavy atom. The van der Waals surface area contributed by atoms with Crippen LogP contribution in [0.25, 0.3) is 0 Å². The molecule has 7 heteroatoms. The van der Waals surface area contributed by atoms with E-state index in [1.165, 1.54) is 0 Å². The lowest BCUT2D eigenvalue weighted by Crippen LogP contribution is -2.17. The third-order valence-corrected chi connectivity index (χ3v) is 5.75. The van der Waals surface area contributed by atoms with Crippen molar-refractivity contribution in [2.24, 2.45) is 0 Å². The fourth-order valence-corrected chi connectivity index (χ4v) is 4.50. The van der Waals surface area contributed by atoms with Crippen LogP contribution in [0.5, 0.6) is 0 Å². The van der Waals surface area contributed by atoms with E-state index in [1.54, 1.807) is 26.0 Å². The second kappa shape index (κ2) is 7.75. The summed E-state index contributed by atoms with van der Waals surface area (Å²) in [4.78, 5) is 0.279. The summed E-state index contributed by atoms with van der Waals surface area (Å²) in [5, 5.41) is 11.2. The van der Waals surface area contributed by atoms with Gasteiger partial charge in [0.05, 0.1) is 4.90 Å². The quantitative estimate of drug-likeness (QED) is 0.677. The van der Waals surface area contributed by atoms with Crippen molar-refractivity contribution in [3.8, 4) is 0 Å². The maximum atomic E-state index is 12.8. The van der Waals surface area contributed by atoms with Crippen LogP contribution in [-0.2, 0) is 16.6 Å². The van der Waals surface area contributed by atoms with Crippen LogP contribution in [-0.4, -0.2) is 18.6 Å². The minimum atomic E-state index is -3.73. The van der Waals surface area contributed by atoms with Gasteiger partial charge in [0.25, 0.3) is 10.0 Å². The van der Waals surface area contributed by atoms with Crippen molar-refractivity contribution in [2.45, 2.75) is 32.2 Å². The molecule has 0 aliphatic heterocycles. The van der Waals surface area contributed by atoms with Crippen molar-refractivity contribution in [1.82, 2.24) is 10.2 Å². The second-order valence-corrected chi connectivity index (χ2v) is 8.10. The van der Waals surface area contributed by atoms with Gasteiger partial charge in [-0.25, -0.2) is 8.42 Å². The normalized spacial score (nSPS) is 11.2. The molecule has 1 aromatic heterocycles. The second-order valence-electron chi connectivity index (χ2n) is 6.48. The molecule has 27 heavy (non-hydrogen) atoms. The standard InChI is InChI=1S/C20H22N4O2S/c1-14-11-15(2)20(16(3)12-14)27(25,26)24-19-10-9-18(22-23-19)21-13-17-7-5-4-6-8-17/h4-12H,13H2,1-3H3,(H,21,22)(H,23,24). The Bertz CT molecular complexity index is 1010. The van der Waals surface area contributed by atoms with Crippen LogP contribution in [0, 0.1) is 20.8 Å². The first kappa shape index (κ1) is 18.8. The van der Waals surface area contributed by atoms with Crippen molar-refractivity contribution >= 4 is 21.7 Å². The molecule has 0 fully saturated rings. The molecule has 0 saturated heterocycles. The first-order valence-electron chi connectivity index (χ1n) is 8.57. The summed E-state index contributed by atoms with van der Waals surface area (Å²) in [5.74, 6) is 0.754. The number of hydrogen-bond donors (Lipinski definition) is 2. The Balaban J connectivity index is 1.72. The molecule has 3 rings (SSSR count). The summed E-state index contributed by atoms with van der Waals surface area (Å²) in [6.07, 6.45) is 0. The predicted molar refractivity (Wildman–Crippen MR) is 107 cm³/mol. The zero-order valence-electron chi connectivity index (χ0n) is 15.5. The van der Waals surface area contributed by atoms with E-state index in [1.807, 2.05) is 49.4 Å². The van der Waals surface area contributed by atoms with Crippen LogP contribution >= 0.6 is 0 Å². The van der Waals surface area contributed by atoms with E-state index in [9.17, 15) is 8.42 Å². The van der Waals surface area contributed by atoms with Gasteiger partial charge in [-0.05, 0) is 49.6 Å². The maximum Gasteiger partial charge on any atom is 0.263 e. The first-order chi connectivity index (χ1) is 12.8. The fraction of sp³-hybridized carbons (Fsp3) is 0.200. The van der Waals surface area contributed by atoms with E-state index >= 15 is 0 Å². The summed E-state index contributed by atoms with van der Waals surface area (Å²) >= 11 is 0. The van der Waals surface area contributed by atoms with Gasteiger partial charge in [0.15, 0.2) is 5.82 Å². The molecule has 0 bridgehead atoms. The van der Waals surface area contributed by atoms with Gasteiger partial charge in [0.2, 0.25) is 0 Å². The molecule has 0 unspecified atom stereocenters. The number of anilines is 2. The zero-order valence-corrected chi connectivity index (χ0v) is 16.3. The minimum absolute atomic E-state index is 0.180. The van der Waals surface area contributed by atoms with E-state index in [0.29, 0.717) is 23.5 Å². The summed E-state index contributed by atoms with van der Waals surface area (Å²) < 4.78 is 28.0. The molecule has 3 aromatic rings. The predicted octanol–water partition coefficient (Wildman–Crippen LogP) is 3.81. The third-order valence-electron chi connectivity index (χ3n) is 4.09. The highest BCUT2D eigenvalue weighted by Gasteiger charge is 2.20. The molecule has 0 aliphatic rings. The zero-order chi connectivity index (χ0) is 19.4. The Labute approximate surface area is 159 Å². The monoisotopic (exact) mass is 382 g/mol. The molecule has 140 valence electrons. The van der Waals surface area contributed by atoms with Gasteiger partial charge in [-0.2, -0.15) is 0 Å². The molecule has 0 saturated carbocycles. The van der Waals surface area contributed by atoms with Gasteiger partial charge in [0.1, 0.15) is 5.82 Å². The molecule has 0 radical (unpaired) electrons. The van der Waals surface area contributed by atoms with Crippen LogP contribution in [0.3, 0.4) is 0 Å². The Morgan fingerprint density at radius 3 is 2.04 bits per heavy atom. The van der Waals surface area contributed by atoms with Crippen molar-refractivity contribution in [1.29, 1.82) is 0 Å². The molecule has 0 atom stereocenters. The van der Waals surface area contributed by atoms with E-state index in [4.69, 9.17) is 0 Å². The summed E-state index contributed by atoms with van der Waals surface area (Å²) in [7, 11) is -3.73. The first-order valence-corrected chi connectivity index (χ1v) is 10.1. The van der Waals surface area contributed by atoms with E-state index in [2.05, 4.69) is 20.2 Å². The number of sulfonamides is 1. The van der Waals surface area contributed by atoms with Crippen LogP contribution < -0.4 is 10.0 Å². The van der Waals surface area contributed by atoms with Gasteiger partial charge in [0, 0.05) is 6.54 Å². The smallest absolute Gasteiger partial charge is 0.263 e. The largest absolute Gasteiger partial charge is 0.365 e. The van der Waals surface area contributed by atoms with Gasteiger partial charge < -0.3 is 5.32 Å². The topological polar surface area (TPSA) is 84.0 Å². The van der Waals surface area contributed by atoms with Gasteiger partial charge in [-0.15, -0.1) is 10.2 Å². The SMILES string of the molecule is Cc1cc(C)c(S(=O)(=O)Nc2ccc(NCc3ccccc3)nn2)c(C)c1. The average Bonchev–Trinajstić information content (AvgIpc) is 2.60. The van der Waals surface area contributed by atoms with E-state index in [-0.39, 0.29) is 10.7 Å². The highest BCUT2D eigenvalue weighted by molar-refractivity contribution is 7.92. The molecule has 2 N–H and O–H groups in total. The lowest BCUT2D eigenvalue weighted by molar-refractivity contribution is 0.599. The maximum absolute atomic E-state index is 12.8. The number of aromatic nitrogens is 2. The van der Waals surface area contributed by atoms with Crippen molar-refractivity contribution in [3.05, 3.63) is 76.9 Å². The number of nitrogens with zero attached hydrogens (tertiary/aromatic N) is 2. The lowest BCUT2D eigenvalue weighted by atomic mass is 10.1. The highest BCUT2D eigenvalue weighted by Crippen LogP contribution is 2.23. The van der Waals surface area contributed by atoms with Crippen LogP contribution in [0.2, 0.25) is 0 Å². The van der Waals surface area contributed by atoms with Gasteiger partial charge in [-0.1, -0.05) is 48.0 Å². The van der Waals surface area contributed by atoms with E-state index in [0.717, 1.165) is 11.1 Å². The molecule has 0 aliphatic carbocycles. The molecular weight excluding hydrogens is 360 g/mol. The van der Waals surface area contributed by atoms with Gasteiger partial charge in [-0.3, -0.25) is 4.72 Å². The van der Waals surface area contributed by atoms with Crippen LogP contribution in [0.1, 0.15) is 22.3 Å². The molecule has 6 nitrogen and oxygen atoms in total. The summed E-state index contributed by atoms with van der Waals surface area (Å²) in [6.45, 7) is 6.13. The van der Waals surface area contributed by atoms with Crippen molar-refractivity contribution in [2.75, 3.05) is 10.0 Å². The fourth-order valence-electron chi connectivity index (χ4n) is 3.05. The lowest BCUT2D eigenvalue weighted by Gasteiger charge is -2.13. The molecular formula is C20H22N4O2S. The number of hydrogen-bond acceptors (Lipinski definition) is 5. The van der Waals surface area contributed by atoms with Crippen molar-refractivity contribution in [3.63, 3.8) is 0 Å². The number of benzene rings is 2.